The maximum atomic E-state index is 12.2. The van der Waals surface area contributed by atoms with Gasteiger partial charge in [0.2, 0.25) is 5.78 Å². The lowest BCUT2D eigenvalue weighted by Gasteiger charge is -2.05. The average Bonchev–Trinajstić information content (AvgIpc) is 2.94. The van der Waals surface area contributed by atoms with Crippen LogP contribution < -0.4 is 4.74 Å². The number of halogens is 1. The summed E-state index contributed by atoms with van der Waals surface area (Å²) in [5.41, 5.74) is 0.525. The van der Waals surface area contributed by atoms with Gasteiger partial charge in [-0.25, -0.2) is 0 Å². The molecular weight excluding hydrogens is 356 g/mol. The van der Waals surface area contributed by atoms with Crippen LogP contribution in [0.3, 0.4) is 0 Å². The van der Waals surface area contributed by atoms with Gasteiger partial charge in [-0.2, -0.15) is 0 Å². The van der Waals surface area contributed by atoms with E-state index in [0.717, 1.165) is 0 Å². The molecule has 6 nitrogen and oxygen atoms in total. The van der Waals surface area contributed by atoms with E-state index in [1.54, 1.807) is 31.2 Å². The number of alkyl halides is 1. The second-order valence-electron chi connectivity index (χ2n) is 4.34. The Balaban J connectivity index is 2.21. The third-order valence-corrected chi connectivity index (χ3v) is 3.59. The fourth-order valence-electron chi connectivity index (χ4n) is 1.81. The standard InChI is InChI=1S/C15H15BrO6/c1-3-20-15(18)13(16)14(17)12-7-9-6-10(21-8-19-2)4-5-11(9)22-12/h4-7,13H,3,8H2,1-2H3. The van der Waals surface area contributed by atoms with E-state index in [4.69, 9.17) is 18.6 Å². The molecule has 7 heteroatoms. The summed E-state index contributed by atoms with van der Waals surface area (Å²) in [4.78, 5) is 22.7. The number of hydrogen-bond acceptors (Lipinski definition) is 6. The molecule has 0 saturated carbocycles. The van der Waals surface area contributed by atoms with Gasteiger partial charge in [0.1, 0.15) is 11.3 Å². The van der Waals surface area contributed by atoms with Crippen LogP contribution in [-0.4, -0.2) is 37.1 Å². The van der Waals surface area contributed by atoms with Crippen molar-refractivity contribution in [1.29, 1.82) is 0 Å². The van der Waals surface area contributed by atoms with Crippen molar-refractivity contribution < 1.29 is 28.2 Å². The number of esters is 1. The van der Waals surface area contributed by atoms with E-state index in [0.29, 0.717) is 16.7 Å². The van der Waals surface area contributed by atoms with Gasteiger partial charge in [-0.1, -0.05) is 15.9 Å². The number of carbonyl (C=O) groups excluding carboxylic acids is 2. The molecule has 0 spiro atoms. The van der Waals surface area contributed by atoms with E-state index in [2.05, 4.69) is 15.9 Å². The zero-order valence-corrected chi connectivity index (χ0v) is 13.7. The van der Waals surface area contributed by atoms with Crippen molar-refractivity contribution in [1.82, 2.24) is 0 Å². The Morgan fingerprint density at radius 1 is 1.32 bits per heavy atom. The Morgan fingerprint density at radius 2 is 2.09 bits per heavy atom. The van der Waals surface area contributed by atoms with Gasteiger partial charge >= 0.3 is 5.97 Å². The Kier molecular flexibility index (Phi) is 5.57. The van der Waals surface area contributed by atoms with Crippen molar-refractivity contribution in [3.05, 3.63) is 30.0 Å². The lowest BCUT2D eigenvalue weighted by molar-refractivity contribution is -0.141. The highest BCUT2D eigenvalue weighted by Crippen LogP contribution is 2.26. The van der Waals surface area contributed by atoms with Crippen LogP contribution in [0.5, 0.6) is 5.75 Å². The first kappa shape index (κ1) is 16.5. The molecule has 1 aromatic carbocycles. The largest absolute Gasteiger partial charge is 0.468 e. The summed E-state index contributed by atoms with van der Waals surface area (Å²) >= 11 is 3.03. The fourth-order valence-corrected chi connectivity index (χ4v) is 2.16. The van der Waals surface area contributed by atoms with E-state index in [9.17, 15) is 9.59 Å². The third-order valence-electron chi connectivity index (χ3n) is 2.80. The molecule has 0 amide bonds. The molecule has 2 aromatic rings. The van der Waals surface area contributed by atoms with Gasteiger partial charge in [0.15, 0.2) is 17.4 Å². The molecule has 0 N–H and O–H groups in total. The van der Waals surface area contributed by atoms with Crippen molar-refractivity contribution in [2.45, 2.75) is 11.8 Å². The van der Waals surface area contributed by atoms with Gasteiger partial charge in [0.05, 0.1) is 6.61 Å². The van der Waals surface area contributed by atoms with Gasteiger partial charge in [-0.3, -0.25) is 9.59 Å². The molecule has 1 atom stereocenters. The third kappa shape index (κ3) is 3.66. The molecule has 0 aliphatic rings. The SMILES string of the molecule is CCOC(=O)C(Br)C(=O)c1cc2cc(OCOC)ccc2o1. The second-order valence-corrected chi connectivity index (χ2v) is 5.26. The first-order valence-corrected chi connectivity index (χ1v) is 7.48. The highest BCUT2D eigenvalue weighted by atomic mass is 79.9. The lowest BCUT2D eigenvalue weighted by Crippen LogP contribution is -2.26. The summed E-state index contributed by atoms with van der Waals surface area (Å²) in [5.74, 6) is -0.463. The molecule has 1 heterocycles. The number of benzene rings is 1. The average molecular weight is 371 g/mol. The minimum absolute atomic E-state index is 0.0776. The maximum Gasteiger partial charge on any atom is 0.327 e. The zero-order chi connectivity index (χ0) is 16.1. The zero-order valence-electron chi connectivity index (χ0n) is 12.1. The maximum absolute atomic E-state index is 12.2. The molecule has 0 aliphatic carbocycles. The molecule has 0 saturated heterocycles. The van der Waals surface area contributed by atoms with Crippen molar-refractivity contribution in [3.8, 4) is 5.75 Å². The normalized spacial score (nSPS) is 12.1. The smallest absolute Gasteiger partial charge is 0.327 e. The monoisotopic (exact) mass is 370 g/mol. The van der Waals surface area contributed by atoms with Crippen LogP contribution in [0, 0.1) is 0 Å². The predicted octanol–water partition coefficient (Wildman–Crippen LogP) is 2.92. The van der Waals surface area contributed by atoms with Gasteiger partial charge in [-0.05, 0) is 31.2 Å². The highest BCUT2D eigenvalue weighted by Gasteiger charge is 2.28. The molecule has 22 heavy (non-hydrogen) atoms. The molecule has 1 aromatic heterocycles. The first-order valence-electron chi connectivity index (χ1n) is 6.57. The highest BCUT2D eigenvalue weighted by molar-refractivity contribution is 9.10. The van der Waals surface area contributed by atoms with E-state index in [1.807, 2.05) is 0 Å². The van der Waals surface area contributed by atoms with E-state index in [-0.39, 0.29) is 19.2 Å². The number of ketones is 1. The number of Topliss-reactive ketones (excluding diaryl/α,β-unsaturated/α-hetero) is 1. The minimum Gasteiger partial charge on any atom is -0.468 e. The molecule has 2 rings (SSSR count). The van der Waals surface area contributed by atoms with Crippen molar-refractivity contribution in [3.63, 3.8) is 0 Å². The van der Waals surface area contributed by atoms with Crippen molar-refractivity contribution >= 4 is 38.7 Å². The summed E-state index contributed by atoms with van der Waals surface area (Å²) in [5, 5.41) is 0.695. The van der Waals surface area contributed by atoms with Crippen LogP contribution in [0.25, 0.3) is 11.0 Å². The molecule has 0 radical (unpaired) electrons. The van der Waals surface area contributed by atoms with Crippen LogP contribution in [0.15, 0.2) is 28.7 Å². The number of ether oxygens (including phenoxy) is 3. The molecule has 0 bridgehead atoms. The number of methoxy groups -OCH3 is 1. The number of carbonyl (C=O) groups is 2. The molecule has 0 fully saturated rings. The Morgan fingerprint density at radius 3 is 2.77 bits per heavy atom. The summed E-state index contributed by atoms with van der Waals surface area (Å²) in [6.07, 6.45) is 0. The molecule has 0 aliphatic heterocycles. The Bertz CT molecular complexity index is 678. The van der Waals surface area contributed by atoms with Crippen molar-refractivity contribution in [2.24, 2.45) is 0 Å². The van der Waals surface area contributed by atoms with Crippen LogP contribution in [0.4, 0.5) is 0 Å². The van der Waals surface area contributed by atoms with Crippen LogP contribution >= 0.6 is 15.9 Å². The Labute approximate surface area is 135 Å². The second kappa shape index (κ2) is 7.42. The number of hydrogen-bond donors (Lipinski definition) is 0. The van der Waals surface area contributed by atoms with E-state index >= 15 is 0 Å². The van der Waals surface area contributed by atoms with Crippen LogP contribution in [0.1, 0.15) is 17.5 Å². The van der Waals surface area contributed by atoms with Crippen LogP contribution in [0.2, 0.25) is 0 Å². The van der Waals surface area contributed by atoms with Gasteiger partial charge < -0.3 is 18.6 Å². The minimum atomic E-state index is -1.09. The lowest BCUT2D eigenvalue weighted by atomic mass is 10.2. The van der Waals surface area contributed by atoms with Crippen LogP contribution in [-0.2, 0) is 14.3 Å². The van der Waals surface area contributed by atoms with E-state index in [1.165, 1.54) is 7.11 Å². The summed E-state index contributed by atoms with van der Waals surface area (Å²) in [6.45, 7) is 2.00. The molecule has 1 unspecified atom stereocenters. The predicted molar refractivity (Wildman–Crippen MR) is 82.4 cm³/mol. The number of fused-ring (bicyclic) bond motifs is 1. The molecular formula is C15H15BrO6. The summed E-state index contributed by atoms with van der Waals surface area (Å²) in [6, 6.07) is 6.67. The first-order chi connectivity index (χ1) is 10.6. The van der Waals surface area contributed by atoms with Gasteiger partial charge in [0, 0.05) is 12.5 Å². The Hall–Kier alpha value is -1.86. The summed E-state index contributed by atoms with van der Waals surface area (Å²) < 4.78 is 20.4. The number of rotatable bonds is 7. The summed E-state index contributed by atoms with van der Waals surface area (Å²) in [7, 11) is 1.53. The number of furan rings is 1. The molecule has 118 valence electrons. The van der Waals surface area contributed by atoms with E-state index < -0.39 is 16.6 Å². The fraction of sp³-hybridized carbons (Fsp3) is 0.333. The van der Waals surface area contributed by atoms with Gasteiger partial charge in [-0.15, -0.1) is 0 Å². The quantitative estimate of drug-likeness (QED) is 0.245. The van der Waals surface area contributed by atoms with Crippen molar-refractivity contribution in [2.75, 3.05) is 20.5 Å². The topological polar surface area (TPSA) is 75.0 Å². The van der Waals surface area contributed by atoms with Gasteiger partial charge in [0.25, 0.3) is 0 Å².